The zero-order chi connectivity index (χ0) is 27.9. The fourth-order valence-electron chi connectivity index (χ4n) is 5.66. The summed E-state index contributed by atoms with van der Waals surface area (Å²) in [6.07, 6.45) is 3.57. The first-order chi connectivity index (χ1) is 20.1. The number of esters is 1. The van der Waals surface area contributed by atoms with Crippen molar-refractivity contribution in [2.75, 3.05) is 6.61 Å². The number of ether oxygens (including phenoxy) is 1. The standard InChI is InChI=1S/C34H26N2O4S/c1-2-39-33(38)24-14-12-22(13-15-24)28-19-17-25(40-28)20-29-32(37)36-31(23-9-4-3-5-10-23)27-18-16-21-8-6-7-11-26(21)30(27)35-34(36)41-29/h3-15,17,19-20,31H,2,16,18H2,1H3/b29-20+/t31-/m0/s1. The lowest BCUT2D eigenvalue weighted by Gasteiger charge is -2.30. The highest BCUT2D eigenvalue weighted by molar-refractivity contribution is 7.07. The Balaban J connectivity index is 1.30. The number of rotatable bonds is 5. The summed E-state index contributed by atoms with van der Waals surface area (Å²) in [6, 6.07) is 29.2. The molecule has 1 aliphatic heterocycles. The van der Waals surface area contributed by atoms with Gasteiger partial charge in [-0.25, -0.2) is 9.79 Å². The number of benzene rings is 3. The minimum atomic E-state index is -0.353. The monoisotopic (exact) mass is 558 g/mol. The first-order valence-electron chi connectivity index (χ1n) is 13.7. The maximum Gasteiger partial charge on any atom is 0.338 e. The lowest BCUT2D eigenvalue weighted by atomic mass is 9.83. The molecule has 2 aliphatic rings. The summed E-state index contributed by atoms with van der Waals surface area (Å²) in [5.74, 6) is 0.868. The number of carbonyl (C=O) groups excluding carboxylic acids is 1. The second kappa shape index (κ2) is 10.3. The van der Waals surface area contributed by atoms with Crippen molar-refractivity contribution in [1.82, 2.24) is 4.57 Å². The van der Waals surface area contributed by atoms with E-state index in [-0.39, 0.29) is 17.6 Å². The van der Waals surface area contributed by atoms with Crippen LogP contribution in [-0.2, 0) is 11.2 Å². The van der Waals surface area contributed by atoms with Crippen molar-refractivity contribution >= 4 is 29.1 Å². The summed E-state index contributed by atoms with van der Waals surface area (Å²) in [5, 5.41) is 0. The van der Waals surface area contributed by atoms with Gasteiger partial charge in [-0.15, -0.1) is 0 Å². The zero-order valence-electron chi connectivity index (χ0n) is 22.4. The van der Waals surface area contributed by atoms with Gasteiger partial charge in [-0.2, -0.15) is 0 Å². The van der Waals surface area contributed by atoms with Crippen molar-refractivity contribution in [2.24, 2.45) is 4.99 Å². The van der Waals surface area contributed by atoms with Gasteiger partial charge >= 0.3 is 5.97 Å². The Labute approximate surface area is 240 Å². The van der Waals surface area contributed by atoms with E-state index in [9.17, 15) is 9.59 Å². The number of allylic oxidation sites excluding steroid dienone is 1. The fraction of sp³-hybridized carbons (Fsp3) is 0.147. The molecular formula is C34H26N2O4S. The Morgan fingerprint density at radius 3 is 2.59 bits per heavy atom. The number of thiazole rings is 1. The fourth-order valence-corrected chi connectivity index (χ4v) is 6.64. The molecule has 202 valence electrons. The van der Waals surface area contributed by atoms with Gasteiger partial charge in [0.2, 0.25) is 0 Å². The number of aromatic nitrogens is 1. The molecule has 7 heteroatoms. The van der Waals surface area contributed by atoms with Crippen LogP contribution in [0.1, 0.15) is 52.2 Å². The van der Waals surface area contributed by atoms with E-state index in [1.54, 1.807) is 25.1 Å². The molecule has 5 aromatic rings. The molecular weight excluding hydrogens is 532 g/mol. The van der Waals surface area contributed by atoms with Gasteiger partial charge in [0.25, 0.3) is 5.56 Å². The molecule has 0 amide bonds. The van der Waals surface area contributed by atoms with E-state index in [0.717, 1.165) is 35.2 Å². The Morgan fingerprint density at radius 2 is 1.78 bits per heavy atom. The molecule has 6 nitrogen and oxygen atoms in total. The number of hydrogen-bond donors (Lipinski definition) is 0. The Bertz CT molecular complexity index is 2000. The van der Waals surface area contributed by atoms with Gasteiger partial charge in [0.15, 0.2) is 4.80 Å². The molecule has 1 atom stereocenters. The van der Waals surface area contributed by atoms with Crippen LogP contribution in [0.2, 0.25) is 0 Å². The first-order valence-corrected chi connectivity index (χ1v) is 14.5. The molecule has 7 rings (SSSR count). The topological polar surface area (TPSA) is 73.8 Å². The molecule has 0 radical (unpaired) electrons. The summed E-state index contributed by atoms with van der Waals surface area (Å²) in [5.41, 5.74) is 6.92. The van der Waals surface area contributed by atoms with Gasteiger partial charge in [0.1, 0.15) is 11.5 Å². The van der Waals surface area contributed by atoms with Crippen LogP contribution in [0.15, 0.2) is 111 Å². The van der Waals surface area contributed by atoms with Crippen LogP contribution < -0.4 is 14.9 Å². The number of nitrogens with zero attached hydrogens (tertiary/aromatic N) is 2. The van der Waals surface area contributed by atoms with Crippen molar-refractivity contribution in [2.45, 2.75) is 25.8 Å². The van der Waals surface area contributed by atoms with Crippen LogP contribution in [0.25, 0.3) is 23.1 Å². The van der Waals surface area contributed by atoms with Crippen molar-refractivity contribution in [3.8, 4) is 11.3 Å². The number of carbonyl (C=O) groups is 1. The Hall–Kier alpha value is -4.75. The van der Waals surface area contributed by atoms with Gasteiger partial charge in [0.05, 0.1) is 28.4 Å². The van der Waals surface area contributed by atoms with E-state index in [1.165, 1.54) is 22.5 Å². The number of aryl methyl sites for hydroxylation is 1. The maximum atomic E-state index is 13.9. The molecule has 41 heavy (non-hydrogen) atoms. The van der Waals surface area contributed by atoms with Crippen molar-refractivity contribution in [3.05, 3.63) is 144 Å². The molecule has 0 N–H and O–H groups in total. The molecule has 0 unspecified atom stereocenters. The molecule has 0 saturated heterocycles. The summed E-state index contributed by atoms with van der Waals surface area (Å²) in [4.78, 5) is 31.7. The van der Waals surface area contributed by atoms with Gasteiger partial charge in [-0.05, 0) is 60.7 Å². The summed E-state index contributed by atoms with van der Waals surface area (Å²) < 4.78 is 13.6. The predicted molar refractivity (Wildman–Crippen MR) is 159 cm³/mol. The number of fused-ring (bicyclic) bond motifs is 3. The average molecular weight is 559 g/mol. The smallest absolute Gasteiger partial charge is 0.338 e. The Kier molecular flexibility index (Phi) is 6.36. The molecule has 0 spiro atoms. The third-order valence-electron chi connectivity index (χ3n) is 7.57. The predicted octanol–water partition coefficient (Wildman–Crippen LogP) is 5.76. The first kappa shape index (κ1) is 25.2. The normalized spacial score (nSPS) is 16.0. The van der Waals surface area contributed by atoms with Crippen LogP contribution in [-0.4, -0.2) is 17.1 Å². The second-order valence-electron chi connectivity index (χ2n) is 10.0. The maximum absolute atomic E-state index is 13.9. The number of furan rings is 1. The van der Waals surface area contributed by atoms with E-state index < -0.39 is 0 Å². The van der Waals surface area contributed by atoms with Gasteiger partial charge in [-0.3, -0.25) is 9.36 Å². The molecule has 0 bridgehead atoms. The molecule has 2 aromatic heterocycles. The van der Waals surface area contributed by atoms with E-state index in [2.05, 4.69) is 36.4 Å². The van der Waals surface area contributed by atoms with Crippen LogP contribution >= 0.6 is 11.3 Å². The van der Waals surface area contributed by atoms with E-state index in [4.69, 9.17) is 14.1 Å². The average Bonchev–Trinajstić information content (AvgIpc) is 3.61. The van der Waals surface area contributed by atoms with Crippen molar-refractivity contribution in [3.63, 3.8) is 0 Å². The summed E-state index contributed by atoms with van der Waals surface area (Å²) >= 11 is 1.38. The lowest BCUT2D eigenvalue weighted by molar-refractivity contribution is 0.0526. The lowest BCUT2D eigenvalue weighted by Crippen LogP contribution is -2.38. The molecule has 3 heterocycles. The minimum absolute atomic E-state index is 0.0789. The van der Waals surface area contributed by atoms with E-state index >= 15 is 0 Å². The third-order valence-corrected chi connectivity index (χ3v) is 8.55. The highest BCUT2D eigenvalue weighted by Gasteiger charge is 2.32. The third kappa shape index (κ3) is 4.48. The molecule has 3 aromatic carbocycles. The highest BCUT2D eigenvalue weighted by atomic mass is 32.1. The van der Waals surface area contributed by atoms with E-state index in [1.807, 2.05) is 47.0 Å². The summed E-state index contributed by atoms with van der Waals surface area (Å²) in [7, 11) is 0. The van der Waals surface area contributed by atoms with Crippen LogP contribution in [0.5, 0.6) is 0 Å². The highest BCUT2D eigenvalue weighted by Crippen LogP contribution is 2.41. The van der Waals surface area contributed by atoms with Crippen LogP contribution in [0.4, 0.5) is 0 Å². The largest absolute Gasteiger partial charge is 0.462 e. The van der Waals surface area contributed by atoms with Gasteiger partial charge < -0.3 is 9.15 Å². The van der Waals surface area contributed by atoms with E-state index in [0.29, 0.717) is 33.0 Å². The van der Waals surface area contributed by atoms with Crippen molar-refractivity contribution in [1.29, 1.82) is 0 Å². The zero-order valence-corrected chi connectivity index (χ0v) is 23.2. The minimum Gasteiger partial charge on any atom is -0.462 e. The number of hydrogen-bond acceptors (Lipinski definition) is 6. The Morgan fingerprint density at radius 1 is 1.00 bits per heavy atom. The summed E-state index contributed by atoms with van der Waals surface area (Å²) in [6.45, 7) is 2.11. The quantitative estimate of drug-likeness (QED) is 0.257. The van der Waals surface area contributed by atoms with Crippen molar-refractivity contribution < 1.29 is 13.9 Å². The van der Waals surface area contributed by atoms with Gasteiger partial charge in [0, 0.05) is 17.2 Å². The van der Waals surface area contributed by atoms with Crippen LogP contribution in [0.3, 0.4) is 0 Å². The van der Waals surface area contributed by atoms with Gasteiger partial charge in [-0.1, -0.05) is 78.1 Å². The molecule has 1 aliphatic carbocycles. The SMILES string of the molecule is CCOC(=O)c1ccc(-c2ccc(/C=c3/sc4n(c3=O)[C@@H](c3ccccc3)C3=C(N=4)c4ccccc4CC3)o2)cc1. The van der Waals surface area contributed by atoms with Crippen LogP contribution in [0, 0.1) is 0 Å². The second-order valence-corrected chi connectivity index (χ2v) is 11.0. The molecule has 0 saturated carbocycles. The molecule has 0 fully saturated rings.